The molecule has 1 aromatic heterocycles. The number of aryl methyl sites for hydroxylation is 1. The van der Waals surface area contributed by atoms with Crippen LogP contribution in [0.2, 0.25) is 0 Å². The lowest BCUT2D eigenvalue weighted by atomic mass is 9.94. The monoisotopic (exact) mass is 255 g/mol. The summed E-state index contributed by atoms with van der Waals surface area (Å²) in [6.45, 7) is 1.50. The van der Waals surface area contributed by atoms with Crippen LogP contribution in [-0.2, 0) is 15.9 Å². The Morgan fingerprint density at radius 2 is 2.41 bits per heavy atom. The third-order valence-electron chi connectivity index (χ3n) is 3.33. The molecule has 0 spiro atoms. The van der Waals surface area contributed by atoms with Crippen molar-refractivity contribution in [2.75, 3.05) is 27.4 Å². The van der Waals surface area contributed by atoms with E-state index in [4.69, 9.17) is 9.47 Å². The predicted molar refractivity (Wildman–Crippen MR) is 70.7 cm³/mol. The molecule has 0 fully saturated rings. The van der Waals surface area contributed by atoms with Crippen LogP contribution in [0.25, 0.3) is 0 Å². The Bertz CT molecular complexity index is 340. The minimum atomic E-state index is 0.143. The van der Waals surface area contributed by atoms with Gasteiger partial charge >= 0.3 is 0 Å². The number of thiophene rings is 1. The Morgan fingerprint density at radius 3 is 3.18 bits per heavy atom. The summed E-state index contributed by atoms with van der Waals surface area (Å²) in [5.74, 6) is 0. The molecule has 17 heavy (non-hydrogen) atoms. The smallest absolute Gasteiger partial charge is 0.0928 e. The molecule has 2 rings (SSSR count). The van der Waals surface area contributed by atoms with Crippen molar-refractivity contribution in [3.8, 4) is 0 Å². The number of methoxy groups -OCH3 is 2. The summed E-state index contributed by atoms with van der Waals surface area (Å²) in [4.78, 5) is 1.55. The maximum atomic E-state index is 5.37. The second-order valence-corrected chi connectivity index (χ2v) is 5.47. The van der Waals surface area contributed by atoms with E-state index in [0.29, 0.717) is 12.6 Å². The van der Waals surface area contributed by atoms with Gasteiger partial charge in [-0.15, -0.1) is 11.3 Å². The van der Waals surface area contributed by atoms with Crippen LogP contribution in [0.15, 0.2) is 11.4 Å². The van der Waals surface area contributed by atoms with E-state index in [0.717, 1.165) is 6.54 Å². The first kappa shape index (κ1) is 13.0. The van der Waals surface area contributed by atoms with Crippen molar-refractivity contribution >= 4 is 11.3 Å². The number of rotatable bonds is 6. The molecule has 1 aliphatic rings. The first-order valence-electron chi connectivity index (χ1n) is 6.16. The average molecular weight is 255 g/mol. The van der Waals surface area contributed by atoms with Crippen LogP contribution >= 0.6 is 11.3 Å². The summed E-state index contributed by atoms with van der Waals surface area (Å²) in [5, 5.41) is 5.80. The van der Waals surface area contributed by atoms with E-state index in [-0.39, 0.29) is 6.10 Å². The van der Waals surface area contributed by atoms with E-state index in [2.05, 4.69) is 16.8 Å². The van der Waals surface area contributed by atoms with Gasteiger partial charge in [0, 0.05) is 31.7 Å². The van der Waals surface area contributed by atoms with Gasteiger partial charge in [0.05, 0.1) is 12.7 Å². The molecule has 1 heterocycles. The summed E-state index contributed by atoms with van der Waals surface area (Å²) >= 11 is 1.88. The van der Waals surface area contributed by atoms with E-state index in [1.165, 1.54) is 24.8 Å². The second-order valence-electron chi connectivity index (χ2n) is 4.47. The maximum Gasteiger partial charge on any atom is 0.0928 e. The number of nitrogens with one attached hydrogen (secondary N) is 1. The lowest BCUT2D eigenvalue weighted by Gasteiger charge is -2.25. The van der Waals surface area contributed by atoms with E-state index in [1.54, 1.807) is 19.1 Å². The molecule has 96 valence electrons. The van der Waals surface area contributed by atoms with Crippen molar-refractivity contribution in [2.24, 2.45) is 0 Å². The lowest BCUT2D eigenvalue weighted by molar-refractivity contribution is 0.0270. The van der Waals surface area contributed by atoms with Gasteiger partial charge in [-0.2, -0.15) is 0 Å². The Labute approximate surface area is 107 Å². The Morgan fingerprint density at radius 1 is 1.53 bits per heavy atom. The summed E-state index contributed by atoms with van der Waals surface area (Å²) in [6, 6.07) is 2.76. The second kappa shape index (κ2) is 6.50. The molecule has 1 aliphatic carbocycles. The maximum absolute atomic E-state index is 5.37. The van der Waals surface area contributed by atoms with Crippen LogP contribution in [0.1, 0.15) is 29.3 Å². The van der Waals surface area contributed by atoms with Gasteiger partial charge in [-0.3, -0.25) is 0 Å². The number of hydrogen-bond acceptors (Lipinski definition) is 4. The molecule has 4 heteroatoms. The molecule has 0 amide bonds. The number of fused-ring (bicyclic) bond motifs is 1. The van der Waals surface area contributed by atoms with Crippen LogP contribution < -0.4 is 5.32 Å². The van der Waals surface area contributed by atoms with Crippen molar-refractivity contribution in [3.63, 3.8) is 0 Å². The highest BCUT2D eigenvalue weighted by atomic mass is 32.1. The van der Waals surface area contributed by atoms with Gasteiger partial charge in [0.25, 0.3) is 0 Å². The van der Waals surface area contributed by atoms with Crippen LogP contribution in [0.3, 0.4) is 0 Å². The fraction of sp³-hybridized carbons (Fsp3) is 0.692. The zero-order valence-corrected chi connectivity index (χ0v) is 11.4. The molecule has 0 radical (unpaired) electrons. The van der Waals surface area contributed by atoms with E-state index in [1.807, 2.05) is 11.3 Å². The molecule has 2 atom stereocenters. The molecule has 3 nitrogen and oxygen atoms in total. The molecule has 1 aromatic rings. The van der Waals surface area contributed by atoms with Crippen LogP contribution in [-0.4, -0.2) is 33.5 Å². The van der Waals surface area contributed by atoms with Crippen LogP contribution in [0.4, 0.5) is 0 Å². The third-order valence-corrected chi connectivity index (χ3v) is 4.33. The summed E-state index contributed by atoms with van der Waals surface area (Å²) in [7, 11) is 3.45. The fourth-order valence-corrected chi connectivity index (χ4v) is 3.36. The van der Waals surface area contributed by atoms with Gasteiger partial charge in [0.1, 0.15) is 0 Å². The molecule has 1 N–H and O–H groups in total. The Kier molecular flexibility index (Phi) is 4.98. The quantitative estimate of drug-likeness (QED) is 0.846. The van der Waals surface area contributed by atoms with E-state index < -0.39 is 0 Å². The zero-order chi connectivity index (χ0) is 12.1. The first-order valence-corrected chi connectivity index (χ1v) is 7.04. The van der Waals surface area contributed by atoms with Crippen molar-refractivity contribution in [1.82, 2.24) is 5.32 Å². The molecule has 0 aromatic carbocycles. The Hall–Kier alpha value is -0.420. The first-order chi connectivity index (χ1) is 8.35. The zero-order valence-electron chi connectivity index (χ0n) is 10.6. The van der Waals surface area contributed by atoms with Gasteiger partial charge < -0.3 is 14.8 Å². The molecule has 0 bridgehead atoms. The highest BCUT2D eigenvalue weighted by molar-refractivity contribution is 7.10. The highest BCUT2D eigenvalue weighted by Gasteiger charge is 2.21. The SMILES string of the molecule is COCC(CNC1CCCc2sccc21)OC. The van der Waals surface area contributed by atoms with Crippen molar-refractivity contribution in [2.45, 2.75) is 31.4 Å². The van der Waals surface area contributed by atoms with E-state index in [9.17, 15) is 0 Å². The summed E-state index contributed by atoms with van der Waals surface area (Å²) in [5.41, 5.74) is 1.49. The van der Waals surface area contributed by atoms with Crippen LogP contribution in [0, 0.1) is 0 Å². The van der Waals surface area contributed by atoms with Gasteiger partial charge in [0.15, 0.2) is 0 Å². The lowest BCUT2D eigenvalue weighted by Crippen LogP contribution is -2.35. The molecular weight excluding hydrogens is 234 g/mol. The van der Waals surface area contributed by atoms with Crippen molar-refractivity contribution in [3.05, 3.63) is 21.9 Å². The number of ether oxygens (including phenoxy) is 2. The topological polar surface area (TPSA) is 30.5 Å². The third kappa shape index (κ3) is 3.28. The van der Waals surface area contributed by atoms with Crippen LogP contribution in [0.5, 0.6) is 0 Å². The minimum absolute atomic E-state index is 0.143. The minimum Gasteiger partial charge on any atom is -0.382 e. The van der Waals surface area contributed by atoms with Gasteiger partial charge in [0.2, 0.25) is 0 Å². The largest absolute Gasteiger partial charge is 0.382 e. The fourth-order valence-electron chi connectivity index (χ4n) is 2.37. The molecule has 2 unspecified atom stereocenters. The predicted octanol–water partition coefficient (Wildman–Crippen LogP) is 2.38. The summed E-state index contributed by atoms with van der Waals surface area (Å²) in [6.07, 6.45) is 3.90. The molecule has 0 saturated carbocycles. The summed E-state index contributed by atoms with van der Waals surface area (Å²) < 4.78 is 10.5. The normalized spacial score (nSPS) is 21.2. The number of hydrogen-bond donors (Lipinski definition) is 1. The van der Waals surface area contributed by atoms with Gasteiger partial charge in [-0.1, -0.05) is 0 Å². The van der Waals surface area contributed by atoms with E-state index >= 15 is 0 Å². The van der Waals surface area contributed by atoms with Crippen molar-refractivity contribution in [1.29, 1.82) is 0 Å². The van der Waals surface area contributed by atoms with Crippen molar-refractivity contribution < 1.29 is 9.47 Å². The van der Waals surface area contributed by atoms with Gasteiger partial charge in [-0.25, -0.2) is 0 Å². The average Bonchev–Trinajstić information content (AvgIpc) is 2.83. The Balaban J connectivity index is 1.88. The standard InChI is InChI=1S/C13H21NO2S/c1-15-9-10(16-2)8-14-12-4-3-5-13-11(12)6-7-17-13/h6-7,10,12,14H,3-5,8-9H2,1-2H3. The molecule has 0 saturated heterocycles. The highest BCUT2D eigenvalue weighted by Crippen LogP contribution is 2.33. The molecular formula is C13H21NO2S. The van der Waals surface area contributed by atoms with Gasteiger partial charge in [-0.05, 0) is 36.3 Å². The molecule has 0 aliphatic heterocycles.